The lowest BCUT2D eigenvalue weighted by molar-refractivity contribution is -0.141. The van der Waals surface area contributed by atoms with E-state index in [-0.39, 0.29) is 6.07 Å². The van der Waals surface area contributed by atoms with E-state index in [9.17, 15) is 30.7 Å². The van der Waals surface area contributed by atoms with E-state index in [2.05, 4.69) is 15.3 Å². The number of nitrogens with one attached hydrogen (secondary N) is 3. The molecular formula is C14H12F7N5O. The fourth-order valence-electron chi connectivity index (χ4n) is 1.80. The van der Waals surface area contributed by atoms with E-state index in [1.54, 1.807) is 5.43 Å². The summed E-state index contributed by atoms with van der Waals surface area (Å²) in [4.78, 5) is 6.83. The van der Waals surface area contributed by atoms with Gasteiger partial charge in [-0.1, -0.05) is 0 Å². The minimum atomic E-state index is -4.89. The van der Waals surface area contributed by atoms with Gasteiger partial charge in [-0.3, -0.25) is 10.9 Å². The molecule has 1 aromatic heterocycles. The first-order valence-electron chi connectivity index (χ1n) is 7.21. The minimum absolute atomic E-state index is 0.0272. The molecule has 4 N–H and O–H groups in total. The van der Waals surface area contributed by atoms with Crippen LogP contribution in [-0.2, 0) is 6.18 Å². The summed E-state index contributed by atoms with van der Waals surface area (Å²) in [6.45, 7) is 0.981. The van der Waals surface area contributed by atoms with Crippen LogP contribution in [0.3, 0.4) is 0 Å². The van der Waals surface area contributed by atoms with Gasteiger partial charge in [-0.05, 0) is 6.92 Å². The topological polar surface area (TPSA) is 82.1 Å². The highest BCUT2D eigenvalue weighted by Crippen LogP contribution is 2.30. The van der Waals surface area contributed by atoms with E-state index in [1.165, 1.54) is 6.92 Å². The number of nitrogens with zero attached hydrogens (tertiary/aromatic N) is 2. The van der Waals surface area contributed by atoms with Crippen molar-refractivity contribution in [3.05, 3.63) is 41.1 Å². The predicted octanol–water partition coefficient (Wildman–Crippen LogP) is 3.28. The molecule has 0 saturated carbocycles. The average Bonchev–Trinajstić information content (AvgIpc) is 2.59. The lowest BCUT2D eigenvalue weighted by Crippen LogP contribution is -2.23. The molecule has 0 radical (unpaired) electrons. The first kappa shape index (κ1) is 20.5. The lowest BCUT2D eigenvalue weighted by atomic mass is 10.2. The van der Waals surface area contributed by atoms with Crippen molar-refractivity contribution in [1.82, 2.24) is 9.97 Å². The smallest absolute Gasteiger partial charge is 0.394 e. The van der Waals surface area contributed by atoms with Gasteiger partial charge in [0.25, 0.3) is 0 Å². The number of alkyl halides is 3. The molecule has 0 unspecified atom stereocenters. The Morgan fingerprint density at radius 1 is 1.00 bits per heavy atom. The van der Waals surface area contributed by atoms with Crippen molar-refractivity contribution in [2.24, 2.45) is 0 Å². The Morgan fingerprint density at radius 2 is 1.59 bits per heavy atom. The van der Waals surface area contributed by atoms with E-state index < -0.39 is 65.2 Å². The van der Waals surface area contributed by atoms with Crippen molar-refractivity contribution >= 4 is 17.5 Å². The number of benzene rings is 1. The maximum absolute atomic E-state index is 13.6. The number of hydrogen-bond donors (Lipinski definition) is 4. The van der Waals surface area contributed by atoms with Gasteiger partial charge in [0, 0.05) is 18.2 Å². The first-order chi connectivity index (χ1) is 12.5. The molecule has 6 nitrogen and oxygen atoms in total. The van der Waals surface area contributed by atoms with Crippen molar-refractivity contribution in [2.75, 3.05) is 22.8 Å². The maximum Gasteiger partial charge on any atom is 0.433 e. The van der Waals surface area contributed by atoms with Gasteiger partial charge >= 0.3 is 6.18 Å². The molecule has 0 amide bonds. The fraction of sp³-hybridized carbons (Fsp3) is 0.286. The molecule has 0 aliphatic heterocycles. The molecule has 2 rings (SSSR count). The standard InChI is InChI=1S/C14H12F7N5O/c1-5(4-27)22-13-23-8(14(19,20)21)3-9(24-13)25-26-12-10(17)6(15)2-7(16)11(12)18/h2-3,5,26-27H,4H2,1H3,(H2,22,23,24,25)/t5-/m0/s1. The second kappa shape index (κ2) is 7.82. The number of rotatable bonds is 6. The molecule has 0 spiro atoms. The van der Waals surface area contributed by atoms with Gasteiger partial charge in [0.2, 0.25) is 5.95 Å². The zero-order chi connectivity index (χ0) is 20.4. The van der Waals surface area contributed by atoms with Crippen LogP contribution in [0.2, 0.25) is 0 Å². The second-order valence-corrected chi connectivity index (χ2v) is 5.28. The van der Waals surface area contributed by atoms with Crippen LogP contribution in [0, 0.1) is 23.3 Å². The Hall–Kier alpha value is -2.83. The first-order valence-corrected chi connectivity index (χ1v) is 7.21. The van der Waals surface area contributed by atoms with Gasteiger partial charge < -0.3 is 10.4 Å². The summed E-state index contributed by atoms with van der Waals surface area (Å²) in [5.74, 6) is -8.18. The molecule has 148 valence electrons. The highest BCUT2D eigenvalue weighted by atomic mass is 19.4. The molecular weight excluding hydrogens is 387 g/mol. The number of aromatic nitrogens is 2. The number of halogens is 7. The van der Waals surface area contributed by atoms with E-state index in [0.29, 0.717) is 6.07 Å². The quantitative estimate of drug-likeness (QED) is 0.339. The van der Waals surface area contributed by atoms with Crippen molar-refractivity contribution < 1.29 is 35.8 Å². The Labute approximate surface area is 147 Å². The Morgan fingerprint density at radius 3 is 2.11 bits per heavy atom. The Bertz CT molecular complexity index is 804. The predicted molar refractivity (Wildman–Crippen MR) is 80.7 cm³/mol. The van der Waals surface area contributed by atoms with Crippen LogP contribution < -0.4 is 16.2 Å². The molecule has 0 aliphatic carbocycles. The maximum atomic E-state index is 13.6. The SMILES string of the molecule is C[C@@H](CO)Nc1nc(NNc2c(F)c(F)cc(F)c2F)cc(C(F)(F)F)n1. The third kappa shape index (κ3) is 4.87. The monoisotopic (exact) mass is 399 g/mol. The molecule has 0 bridgehead atoms. The van der Waals surface area contributed by atoms with Crippen LogP contribution >= 0.6 is 0 Å². The van der Waals surface area contributed by atoms with Crippen molar-refractivity contribution in [3.63, 3.8) is 0 Å². The highest BCUT2D eigenvalue weighted by Gasteiger charge is 2.34. The normalized spacial score (nSPS) is 12.6. The molecule has 1 atom stereocenters. The van der Waals surface area contributed by atoms with Crippen LogP contribution in [0.5, 0.6) is 0 Å². The molecule has 1 aromatic carbocycles. The largest absolute Gasteiger partial charge is 0.433 e. The molecule has 0 aliphatic rings. The molecule has 2 aromatic rings. The number of anilines is 3. The number of hydrogen-bond acceptors (Lipinski definition) is 6. The summed E-state index contributed by atoms with van der Waals surface area (Å²) in [6, 6.07) is -0.338. The van der Waals surface area contributed by atoms with Crippen LogP contribution in [0.15, 0.2) is 12.1 Å². The van der Waals surface area contributed by atoms with Gasteiger partial charge in [0.05, 0.1) is 6.61 Å². The van der Waals surface area contributed by atoms with E-state index >= 15 is 0 Å². The summed E-state index contributed by atoms with van der Waals surface area (Å²) in [5, 5.41) is 11.3. The van der Waals surface area contributed by atoms with Gasteiger partial charge in [-0.25, -0.2) is 22.5 Å². The third-order valence-electron chi connectivity index (χ3n) is 3.09. The van der Waals surface area contributed by atoms with Crippen LogP contribution in [0.25, 0.3) is 0 Å². The van der Waals surface area contributed by atoms with E-state index in [0.717, 1.165) is 0 Å². The summed E-state index contributed by atoms with van der Waals surface area (Å²) in [6.07, 6.45) is -4.89. The zero-order valence-electron chi connectivity index (χ0n) is 13.4. The second-order valence-electron chi connectivity index (χ2n) is 5.28. The summed E-state index contributed by atoms with van der Waals surface area (Å²) in [7, 11) is 0. The highest BCUT2D eigenvalue weighted by molar-refractivity contribution is 5.53. The van der Waals surface area contributed by atoms with Crippen molar-refractivity contribution in [1.29, 1.82) is 0 Å². The minimum Gasteiger partial charge on any atom is -0.394 e. The lowest BCUT2D eigenvalue weighted by Gasteiger charge is -2.16. The van der Waals surface area contributed by atoms with Crippen molar-refractivity contribution in [2.45, 2.75) is 19.1 Å². The summed E-state index contributed by atoms with van der Waals surface area (Å²) >= 11 is 0. The number of aliphatic hydroxyl groups excluding tert-OH is 1. The Kier molecular flexibility index (Phi) is 5.93. The summed E-state index contributed by atoms with van der Waals surface area (Å²) < 4.78 is 92.2. The van der Waals surface area contributed by atoms with E-state index in [4.69, 9.17) is 5.11 Å². The van der Waals surface area contributed by atoms with E-state index in [1.807, 2.05) is 5.43 Å². The van der Waals surface area contributed by atoms with Gasteiger partial charge in [-0.15, -0.1) is 0 Å². The van der Waals surface area contributed by atoms with Crippen LogP contribution in [0.4, 0.5) is 48.2 Å². The van der Waals surface area contributed by atoms with Gasteiger partial charge in [0.1, 0.15) is 5.69 Å². The third-order valence-corrected chi connectivity index (χ3v) is 3.09. The Balaban J connectivity index is 2.34. The summed E-state index contributed by atoms with van der Waals surface area (Å²) in [5.41, 5.74) is 0.952. The molecule has 27 heavy (non-hydrogen) atoms. The number of aliphatic hydroxyl groups is 1. The molecule has 0 saturated heterocycles. The molecule has 1 heterocycles. The zero-order valence-corrected chi connectivity index (χ0v) is 13.4. The van der Waals surface area contributed by atoms with Crippen molar-refractivity contribution in [3.8, 4) is 0 Å². The fourth-order valence-corrected chi connectivity index (χ4v) is 1.80. The average molecular weight is 399 g/mol. The van der Waals surface area contributed by atoms with Crippen LogP contribution in [-0.4, -0.2) is 27.7 Å². The number of hydrazine groups is 1. The van der Waals surface area contributed by atoms with Gasteiger partial charge in [0.15, 0.2) is 34.8 Å². The van der Waals surface area contributed by atoms with Crippen LogP contribution in [0.1, 0.15) is 12.6 Å². The molecule has 0 fully saturated rings. The molecule has 13 heteroatoms. The van der Waals surface area contributed by atoms with Gasteiger partial charge in [-0.2, -0.15) is 18.2 Å².